The molecule has 182 valence electrons. The normalized spacial score (nSPS) is 13.2. The van der Waals surface area contributed by atoms with Crippen LogP contribution < -0.4 is 14.9 Å². The Labute approximate surface area is 222 Å². The molecule has 0 saturated heterocycles. The molecule has 0 radical (unpaired) electrons. The Kier molecular flexibility index (Phi) is 6.53. The van der Waals surface area contributed by atoms with E-state index >= 15 is 0 Å². The summed E-state index contributed by atoms with van der Waals surface area (Å²) in [6, 6.07) is 17.6. The first-order valence-corrected chi connectivity index (χ1v) is 13.2. The molecule has 0 bridgehead atoms. The van der Waals surface area contributed by atoms with Crippen molar-refractivity contribution in [2.45, 2.75) is 11.4 Å². The van der Waals surface area contributed by atoms with E-state index in [1.807, 2.05) is 0 Å². The monoisotopic (exact) mass is 558 g/mol. The van der Waals surface area contributed by atoms with Gasteiger partial charge in [0.1, 0.15) is 0 Å². The van der Waals surface area contributed by atoms with Gasteiger partial charge in [0.2, 0.25) is 0 Å². The molecule has 0 saturated carbocycles. The smallest absolute Gasteiger partial charge is 0.326 e. The number of hydrogen-bond acceptors (Lipinski definition) is 4. The molecular weight excluding hydrogens is 543 g/mol. The van der Waals surface area contributed by atoms with Crippen LogP contribution in [0.2, 0.25) is 15.1 Å². The number of rotatable bonds is 5. The first-order chi connectivity index (χ1) is 17.3. The van der Waals surface area contributed by atoms with E-state index in [0.717, 1.165) is 0 Å². The maximum atomic E-state index is 13.5. The van der Waals surface area contributed by atoms with Crippen LogP contribution in [0.1, 0.15) is 5.56 Å². The third-order valence-corrected chi connectivity index (χ3v) is 7.91. The number of para-hydroxylation sites is 1. The maximum absolute atomic E-state index is 13.5. The Morgan fingerprint density at radius 1 is 0.889 bits per heavy atom. The summed E-state index contributed by atoms with van der Waals surface area (Å²) in [5.74, 6) is 0. The van der Waals surface area contributed by atoms with Crippen LogP contribution in [0.4, 0.5) is 21.9 Å². The lowest BCUT2D eigenvalue weighted by molar-refractivity contribution is 0.247. The molecule has 2 amide bonds. The van der Waals surface area contributed by atoms with Gasteiger partial charge >= 0.3 is 6.03 Å². The van der Waals surface area contributed by atoms with Crippen molar-refractivity contribution >= 4 is 67.9 Å². The van der Waals surface area contributed by atoms with Crippen LogP contribution in [0.3, 0.4) is 0 Å². The number of benzene rings is 3. The highest BCUT2D eigenvalue weighted by molar-refractivity contribution is 7.92. The fourth-order valence-corrected chi connectivity index (χ4v) is 5.90. The van der Waals surface area contributed by atoms with E-state index in [4.69, 9.17) is 34.8 Å². The standard InChI is InChI=1S/C25H17Cl3N4O3S/c26-20-7-2-1-6-17(20)18-11-16(36(34,35)31-15-5-4-10-29-13-15)12-23-19(18)14-30-25(33)32(23)24-21(27)8-3-9-22(24)28/h1-13,31H,14H2,(H,30,33). The zero-order valence-corrected chi connectivity index (χ0v) is 21.5. The Morgan fingerprint density at radius 2 is 1.61 bits per heavy atom. The first-order valence-electron chi connectivity index (χ1n) is 10.6. The number of amides is 2. The van der Waals surface area contributed by atoms with Gasteiger partial charge in [-0.3, -0.25) is 14.6 Å². The number of nitrogens with zero attached hydrogens (tertiary/aromatic N) is 2. The molecule has 0 spiro atoms. The Hall–Kier alpha value is -3.30. The van der Waals surface area contributed by atoms with Crippen LogP contribution in [-0.2, 0) is 16.6 Å². The molecule has 2 heterocycles. The van der Waals surface area contributed by atoms with Crippen molar-refractivity contribution in [3.8, 4) is 11.1 Å². The van der Waals surface area contributed by atoms with Crippen LogP contribution in [0, 0.1) is 0 Å². The van der Waals surface area contributed by atoms with Gasteiger partial charge in [0, 0.05) is 28.9 Å². The molecule has 0 fully saturated rings. The van der Waals surface area contributed by atoms with Crippen molar-refractivity contribution in [1.82, 2.24) is 10.3 Å². The molecule has 0 unspecified atom stereocenters. The summed E-state index contributed by atoms with van der Waals surface area (Å²) < 4.78 is 29.5. The fourth-order valence-electron chi connectivity index (χ4n) is 4.01. The van der Waals surface area contributed by atoms with Crippen molar-refractivity contribution in [3.05, 3.63) is 99.8 Å². The Bertz CT molecular complexity index is 1580. The summed E-state index contributed by atoms with van der Waals surface area (Å²) in [6.07, 6.45) is 2.93. The molecule has 2 N–H and O–H groups in total. The highest BCUT2D eigenvalue weighted by atomic mass is 35.5. The van der Waals surface area contributed by atoms with Crippen LogP contribution >= 0.6 is 34.8 Å². The molecule has 0 aliphatic carbocycles. The van der Waals surface area contributed by atoms with Gasteiger partial charge in [0.05, 0.1) is 38.2 Å². The quantitative estimate of drug-likeness (QED) is 0.279. The lowest BCUT2D eigenvalue weighted by Crippen LogP contribution is -2.42. The van der Waals surface area contributed by atoms with E-state index in [1.165, 1.54) is 29.4 Å². The number of anilines is 3. The SMILES string of the molecule is O=C1NCc2c(-c3ccccc3Cl)cc(S(=O)(=O)Nc3cccnc3)cc2N1c1c(Cl)cccc1Cl. The average Bonchev–Trinajstić information content (AvgIpc) is 2.85. The molecule has 11 heteroatoms. The molecule has 0 atom stereocenters. The Morgan fingerprint density at radius 3 is 2.31 bits per heavy atom. The van der Waals surface area contributed by atoms with Gasteiger partial charge < -0.3 is 5.32 Å². The zero-order chi connectivity index (χ0) is 25.4. The van der Waals surface area contributed by atoms with Gasteiger partial charge in [-0.1, -0.05) is 59.1 Å². The molecule has 1 aromatic heterocycles. The molecule has 5 rings (SSSR count). The molecule has 4 aromatic rings. The topological polar surface area (TPSA) is 91.4 Å². The minimum atomic E-state index is -4.09. The van der Waals surface area contributed by atoms with E-state index in [1.54, 1.807) is 54.6 Å². The second kappa shape index (κ2) is 9.63. The van der Waals surface area contributed by atoms with Crippen molar-refractivity contribution in [1.29, 1.82) is 0 Å². The van der Waals surface area contributed by atoms with Crippen molar-refractivity contribution in [2.24, 2.45) is 0 Å². The third-order valence-electron chi connectivity index (χ3n) is 5.61. The largest absolute Gasteiger partial charge is 0.333 e. The number of pyridine rings is 1. The second-order valence-corrected chi connectivity index (χ2v) is 10.8. The third kappa shape index (κ3) is 4.49. The number of hydrogen-bond donors (Lipinski definition) is 2. The Balaban J connectivity index is 1.78. The maximum Gasteiger partial charge on any atom is 0.326 e. The highest BCUT2D eigenvalue weighted by Gasteiger charge is 2.33. The molecular formula is C25H17Cl3N4O3S. The van der Waals surface area contributed by atoms with Crippen LogP contribution in [0.25, 0.3) is 11.1 Å². The van der Waals surface area contributed by atoms with Gasteiger partial charge in [0.15, 0.2) is 0 Å². The van der Waals surface area contributed by atoms with E-state index in [-0.39, 0.29) is 27.2 Å². The summed E-state index contributed by atoms with van der Waals surface area (Å²) in [5.41, 5.74) is 2.64. The average molecular weight is 560 g/mol. The van der Waals surface area contributed by atoms with E-state index in [2.05, 4.69) is 15.0 Å². The number of sulfonamides is 1. The number of urea groups is 1. The van der Waals surface area contributed by atoms with Crippen molar-refractivity contribution in [3.63, 3.8) is 0 Å². The highest BCUT2D eigenvalue weighted by Crippen LogP contribution is 2.45. The summed E-state index contributed by atoms with van der Waals surface area (Å²) in [4.78, 5) is 18.3. The van der Waals surface area contributed by atoms with E-state index in [9.17, 15) is 13.2 Å². The van der Waals surface area contributed by atoms with E-state index < -0.39 is 16.1 Å². The van der Waals surface area contributed by atoms with Crippen molar-refractivity contribution < 1.29 is 13.2 Å². The molecule has 3 aromatic carbocycles. The predicted octanol–water partition coefficient (Wildman–Crippen LogP) is 6.87. The van der Waals surface area contributed by atoms with Gasteiger partial charge in [-0.05, 0) is 48.0 Å². The molecule has 36 heavy (non-hydrogen) atoms. The number of aromatic nitrogens is 1. The van der Waals surface area contributed by atoms with Crippen molar-refractivity contribution in [2.75, 3.05) is 9.62 Å². The van der Waals surface area contributed by atoms with Crippen LogP contribution in [0.15, 0.2) is 84.0 Å². The second-order valence-electron chi connectivity index (χ2n) is 7.86. The summed E-state index contributed by atoms with van der Waals surface area (Å²) in [6.45, 7) is 0.143. The zero-order valence-electron chi connectivity index (χ0n) is 18.4. The van der Waals surface area contributed by atoms with E-state index in [0.29, 0.717) is 33.1 Å². The van der Waals surface area contributed by atoms with Gasteiger partial charge in [-0.25, -0.2) is 13.2 Å². The number of carbonyl (C=O) groups excluding carboxylic acids is 1. The molecule has 1 aliphatic heterocycles. The van der Waals surface area contributed by atoms with Gasteiger partial charge in [-0.2, -0.15) is 0 Å². The predicted molar refractivity (Wildman–Crippen MR) is 143 cm³/mol. The molecule has 7 nitrogen and oxygen atoms in total. The fraction of sp³-hybridized carbons (Fsp3) is 0.0400. The minimum Gasteiger partial charge on any atom is -0.333 e. The number of nitrogens with one attached hydrogen (secondary N) is 2. The summed E-state index contributed by atoms with van der Waals surface area (Å²) in [5, 5.41) is 3.70. The first kappa shape index (κ1) is 24.4. The number of carbonyl (C=O) groups is 1. The summed E-state index contributed by atoms with van der Waals surface area (Å²) >= 11 is 19.4. The van der Waals surface area contributed by atoms with Gasteiger partial charge in [0.25, 0.3) is 10.0 Å². The number of halogens is 3. The lowest BCUT2D eigenvalue weighted by atomic mass is 9.96. The minimum absolute atomic E-state index is 0.0806. The summed E-state index contributed by atoms with van der Waals surface area (Å²) in [7, 11) is -4.09. The van der Waals surface area contributed by atoms with Crippen LogP contribution in [0.5, 0.6) is 0 Å². The molecule has 1 aliphatic rings. The number of fused-ring (bicyclic) bond motifs is 1. The van der Waals surface area contributed by atoms with Crippen LogP contribution in [-0.4, -0.2) is 19.4 Å². The lowest BCUT2D eigenvalue weighted by Gasteiger charge is -2.33. The van der Waals surface area contributed by atoms with Gasteiger partial charge in [-0.15, -0.1) is 0 Å².